The first-order valence-electron chi connectivity index (χ1n) is 6.99. The van der Waals surface area contributed by atoms with Crippen LogP contribution in [-0.4, -0.2) is 10.9 Å². The van der Waals surface area contributed by atoms with E-state index in [9.17, 15) is 9.90 Å². The van der Waals surface area contributed by atoms with Crippen molar-refractivity contribution >= 4 is 5.78 Å². The minimum absolute atomic E-state index is 0.182. The van der Waals surface area contributed by atoms with Crippen LogP contribution in [-0.2, 0) is 4.79 Å². The summed E-state index contributed by atoms with van der Waals surface area (Å²) in [5.74, 6) is 0.430. The summed E-state index contributed by atoms with van der Waals surface area (Å²) >= 11 is 0. The lowest BCUT2D eigenvalue weighted by Crippen LogP contribution is -2.23. The number of Topliss-reactive ketones (excluding diaryl/α,β-unsaturated/α-hetero) is 1. The fourth-order valence-electron chi connectivity index (χ4n) is 3.02. The number of carbonyl (C=O) groups is 1. The average Bonchev–Trinajstić information content (AvgIpc) is 2.77. The Kier molecular flexibility index (Phi) is 4.54. The Bertz CT molecular complexity index is 385. The molecule has 0 radical (unpaired) electrons. The normalized spacial score (nSPS) is 25.3. The standard InChI is InChI=1S/C16H22O2/c1-2-3-7-12-10-11-14(17)15(12)16(18)13-8-5-4-6-9-13/h4-6,8-9,12,15-16,18H,2-3,7,10-11H2,1H3. The van der Waals surface area contributed by atoms with Gasteiger partial charge in [-0.3, -0.25) is 4.79 Å². The highest BCUT2D eigenvalue weighted by molar-refractivity contribution is 5.84. The van der Waals surface area contributed by atoms with Gasteiger partial charge in [-0.25, -0.2) is 0 Å². The van der Waals surface area contributed by atoms with Crippen molar-refractivity contribution in [1.82, 2.24) is 0 Å². The molecule has 2 nitrogen and oxygen atoms in total. The molecule has 18 heavy (non-hydrogen) atoms. The van der Waals surface area contributed by atoms with Crippen LogP contribution < -0.4 is 0 Å². The van der Waals surface area contributed by atoms with Gasteiger partial charge in [0.25, 0.3) is 0 Å². The van der Waals surface area contributed by atoms with Crippen molar-refractivity contribution in [3.05, 3.63) is 35.9 Å². The van der Waals surface area contributed by atoms with Crippen LogP contribution in [0.25, 0.3) is 0 Å². The number of aliphatic hydroxyl groups is 1. The summed E-state index contributed by atoms with van der Waals surface area (Å²) in [6.07, 6.45) is 4.34. The molecule has 1 aromatic rings. The first kappa shape index (κ1) is 13.3. The van der Waals surface area contributed by atoms with Crippen LogP contribution in [0.1, 0.15) is 50.7 Å². The Labute approximate surface area is 109 Å². The van der Waals surface area contributed by atoms with Gasteiger partial charge in [0.2, 0.25) is 0 Å². The molecular weight excluding hydrogens is 224 g/mol. The van der Waals surface area contributed by atoms with Gasteiger partial charge >= 0.3 is 0 Å². The lowest BCUT2D eigenvalue weighted by molar-refractivity contribution is -0.125. The van der Waals surface area contributed by atoms with Crippen LogP contribution in [0, 0.1) is 11.8 Å². The van der Waals surface area contributed by atoms with E-state index in [1.165, 1.54) is 0 Å². The molecular formula is C16H22O2. The third-order valence-corrected chi connectivity index (χ3v) is 4.05. The third kappa shape index (κ3) is 2.81. The van der Waals surface area contributed by atoms with E-state index in [-0.39, 0.29) is 11.7 Å². The van der Waals surface area contributed by atoms with Crippen LogP contribution in [0.5, 0.6) is 0 Å². The van der Waals surface area contributed by atoms with Crippen molar-refractivity contribution in [2.45, 2.75) is 45.1 Å². The summed E-state index contributed by atoms with van der Waals surface area (Å²) in [5.41, 5.74) is 0.874. The van der Waals surface area contributed by atoms with E-state index in [1.54, 1.807) is 0 Å². The average molecular weight is 246 g/mol. The maximum absolute atomic E-state index is 12.0. The monoisotopic (exact) mass is 246 g/mol. The molecule has 1 saturated carbocycles. The van der Waals surface area contributed by atoms with Gasteiger partial charge in [0.05, 0.1) is 12.0 Å². The third-order valence-electron chi connectivity index (χ3n) is 4.05. The van der Waals surface area contributed by atoms with E-state index in [2.05, 4.69) is 6.92 Å². The van der Waals surface area contributed by atoms with Crippen LogP contribution in [0.3, 0.4) is 0 Å². The summed E-state index contributed by atoms with van der Waals surface area (Å²) in [4.78, 5) is 12.0. The lowest BCUT2D eigenvalue weighted by Gasteiger charge is -2.23. The molecule has 0 amide bonds. The van der Waals surface area contributed by atoms with Crippen molar-refractivity contribution in [2.24, 2.45) is 11.8 Å². The fourth-order valence-corrected chi connectivity index (χ4v) is 3.02. The van der Waals surface area contributed by atoms with Gasteiger partial charge in [0.15, 0.2) is 0 Å². The lowest BCUT2D eigenvalue weighted by atomic mass is 9.84. The highest BCUT2D eigenvalue weighted by atomic mass is 16.3. The molecule has 1 aliphatic rings. The highest BCUT2D eigenvalue weighted by Gasteiger charge is 2.39. The zero-order valence-corrected chi connectivity index (χ0v) is 11.0. The molecule has 2 heteroatoms. The quantitative estimate of drug-likeness (QED) is 0.863. The molecule has 1 fully saturated rings. The van der Waals surface area contributed by atoms with Gasteiger partial charge < -0.3 is 5.11 Å². The highest BCUT2D eigenvalue weighted by Crippen LogP contribution is 2.40. The van der Waals surface area contributed by atoms with E-state index >= 15 is 0 Å². The molecule has 2 rings (SSSR count). The predicted octanol–water partition coefficient (Wildman–Crippen LogP) is 3.51. The Morgan fingerprint density at radius 1 is 1.33 bits per heavy atom. The topological polar surface area (TPSA) is 37.3 Å². The van der Waals surface area contributed by atoms with Gasteiger partial charge in [0.1, 0.15) is 5.78 Å². The summed E-state index contributed by atoms with van der Waals surface area (Å²) in [5, 5.41) is 10.4. The predicted molar refractivity (Wildman–Crippen MR) is 72.1 cm³/mol. The number of carbonyl (C=O) groups excluding carboxylic acids is 1. The van der Waals surface area contributed by atoms with Crippen molar-refractivity contribution in [2.75, 3.05) is 0 Å². The second kappa shape index (κ2) is 6.14. The molecule has 0 aliphatic heterocycles. The van der Waals surface area contributed by atoms with E-state index in [0.717, 1.165) is 31.2 Å². The van der Waals surface area contributed by atoms with Gasteiger partial charge in [-0.15, -0.1) is 0 Å². The Morgan fingerprint density at radius 3 is 2.72 bits per heavy atom. The zero-order chi connectivity index (χ0) is 13.0. The van der Waals surface area contributed by atoms with Gasteiger partial charge in [-0.1, -0.05) is 50.1 Å². The van der Waals surface area contributed by atoms with Gasteiger partial charge in [0, 0.05) is 6.42 Å². The number of aliphatic hydroxyl groups excluding tert-OH is 1. The molecule has 3 unspecified atom stereocenters. The number of hydrogen-bond donors (Lipinski definition) is 1. The molecule has 0 saturated heterocycles. The Hall–Kier alpha value is -1.15. The number of benzene rings is 1. The maximum Gasteiger partial charge on any atom is 0.139 e. The van der Waals surface area contributed by atoms with Gasteiger partial charge in [-0.05, 0) is 24.3 Å². The summed E-state index contributed by atoms with van der Waals surface area (Å²) in [6.45, 7) is 2.17. The first-order chi connectivity index (χ1) is 8.74. The summed E-state index contributed by atoms with van der Waals surface area (Å²) < 4.78 is 0. The second-order valence-corrected chi connectivity index (χ2v) is 5.29. The van der Waals surface area contributed by atoms with Crippen molar-refractivity contribution in [3.8, 4) is 0 Å². The van der Waals surface area contributed by atoms with Crippen molar-refractivity contribution < 1.29 is 9.90 Å². The Balaban J connectivity index is 2.11. The molecule has 0 bridgehead atoms. The minimum atomic E-state index is -0.622. The number of unbranched alkanes of at least 4 members (excludes halogenated alkanes) is 1. The van der Waals surface area contributed by atoms with E-state index in [1.807, 2.05) is 30.3 Å². The molecule has 98 valence electrons. The second-order valence-electron chi connectivity index (χ2n) is 5.29. The molecule has 1 aliphatic carbocycles. The number of hydrogen-bond acceptors (Lipinski definition) is 2. The largest absolute Gasteiger partial charge is 0.388 e. The molecule has 1 aromatic carbocycles. The molecule has 1 N–H and O–H groups in total. The van der Waals surface area contributed by atoms with Crippen molar-refractivity contribution in [1.29, 1.82) is 0 Å². The van der Waals surface area contributed by atoms with E-state index in [0.29, 0.717) is 12.3 Å². The van der Waals surface area contributed by atoms with Crippen molar-refractivity contribution in [3.63, 3.8) is 0 Å². The summed E-state index contributed by atoms with van der Waals surface area (Å²) in [6, 6.07) is 9.58. The van der Waals surface area contributed by atoms with E-state index in [4.69, 9.17) is 0 Å². The number of rotatable bonds is 5. The van der Waals surface area contributed by atoms with Gasteiger partial charge in [-0.2, -0.15) is 0 Å². The molecule has 0 spiro atoms. The van der Waals surface area contributed by atoms with E-state index < -0.39 is 6.10 Å². The molecule has 0 aromatic heterocycles. The Morgan fingerprint density at radius 2 is 2.06 bits per heavy atom. The van der Waals surface area contributed by atoms with Crippen LogP contribution in [0.15, 0.2) is 30.3 Å². The van der Waals surface area contributed by atoms with Crippen LogP contribution >= 0.6 is 0 Å². The fraction of sp³-hybridized carbons (Fsp3) is 0.562. The van der Waals surface area contributed by atoms with Crippen LogP contribution in [0.2, 0.25) is 0 Å². The number of ketones is 1. The van der Waals surface area contributed by atoms with Crippen LogP contribution in [0.4, 0.5) is 0 Å². The first-order valence-corrected chi connectivity index (χ1v) is 6.99. The SMILES string of the molecule is CCCCC1CCC(=O)C1C(O)c1ccccc1. The molecule has 0 heterocycles. The molecule has 3 atom stereocenters. The summed E-state index contributed by atoms with van der Waals surface area (Å²) in [7, 11) is 0. The maximum atomic E-state index is 12.0. The smallest absolute Gasteiger partial charge is 0.139 e. The zero-order valence-electron chi connectivity index (χ0n) is 11.0. The minimum Gasteiger partial charge on any atom is -0.388 e.